The van der Waals surface area contributed by atoms with Crippen LogP contribution < -0.4 is 10.6 Å². The van der Waals surface area contributed by atoms with Crippen molar-refractivity contribution in [3.8, 4) is 11.5 Å². The van der Waals surface area contributed by atoms with Crippen molar-refractivity contribution in [2.75, 3.05) is 18.4 Å². The molecule has 0 bridgehead atoms. The van der Waals surface area contributed by atoms with Crippen molar-refractivity contribution < 1.29 is 14.0 Å². The molecule has 1 heterocycles. The van der Waals surface area contributed by atoms with Gasteiger partial charge >= 0.3 is 6.03 Å². The summed E-state index contributed by atoms with van der Waals surface area (Å²) in [6.07, 6.45) is 0.937. The first-order chi connectivity index (χ1) is 15.1. The van der Waals surface area contributed by atoms with E-state index in [1.165, 1.54) is 0 Å². The number of anilines is 1. The van der Waals surface area contributed by atoms with Crippen molar-refractivity contribution in [3.05, 3.63) is 65.5 Å². The smallest absolute Gasteiger partial charge is 0.319 e. The second kappa shape index (κ2) is 11.1. The van der Waals surface area contributed by atoms with Gasteiger partial charge in [0.2, 0.25) is 17.7 Å². The fourth-order valence-electron chi connectivity index (χ4n) is 2.92. The van der Waals surface area contributed by atoms with Crippen LogP contribution >= 0.6 is 11.6 Å². The number of aromatic nitrogens is 2. The molecule has 162 valence electrons. The Labute approximate surface area is 185 Å². The third kappa shape index (κ3) is 6.55. The Balaban J connectivity index is 1.52. The summed E-state index contributed by atoms with van der Waals surface area (Å²) >= 11 is 6.18. The first-order valence-electron chi connectivity index (χ1n) is 10.0. The number of rotatable bonds is 9. The van der Waals surface area contributed by atoms with Gasteiger partial charge in [0.1, 0.15) is 0 Å². The van der Waals surface area contributed by atoms with Crippen LogP contribution in [0.3, 0.4) is 0 Å². The van der Waals surface area contributed by atoms with Gasteiger partial charge in [-0.25, -0.2) is 4.79 Å². The molecular formula is C22H24ClN5O3. The number of carbonyl (C=O) groups excluding carboxylic acids is 2. The summed E-state index contributed by atoms with van der Waals surface area (Å²) in [6, 6.07) is 15.9. The molecule has 0 saturated carbocycles. The minimum Gasteiger partial charge on any atom is -0.419 e. The van der Waals surface area contributed by atoms with Crippen LogP contribution in [0.15, 0.2) is 59.0 Å². The summed E-state index contributed by atoms with van der Waals surface area (Å²) in [5.74, 6) is 0.523. The molecule has 0 saturated heterocycles. The van der Waals surface area contributed by atoms with E-state index in [0.29, 0.717) is 34.6 Å². The van der Waals surface area contributed by atoms with Crippen molar-refractivity contribution in [1.82, 2.24) is 20.4 Å². The van der Waals surface area contributed by atoms with E-state index in [2.05, 4.69) is 20.8 Å². The number of hydrogen-bond donors (Lipinski definition) is 2. The van der Waals surface area contributed by atoms with Crippen LogP contribution in [0.25, 0.3) is 11.5 Å². The summed E-state index contributed by atoms with van der Waals surface area (Å²) in [5, 5.41) is 14.0. The number of halogens is 1. The van der Waals surface area contributed by atoms with Gasteiger partial charge in [-0.3, -0.25) is 4.79 Å². The van der Waals surface area contributed by atoms with Gasteiger partial charge in [0, 0.05) is 25.2 Å². The molecular weight excluding hydrogens is 418 g/mol. The van der Waals surface area contributed by atoms with Crippen LogP contribution in [0.1, 0.15) is 25.7 Å². The van der Waals surface area contributed by atoms with E-state index in [1.54, 1.807) is 29.2 Å². The highest BCUT2D eigenvalue weighted by molar-refractivity contribution is 6.33. The number of nitrogens with zero attached hydrogens (tertiary/aromatic N) is 3. The monoisotopic (exact) mass is 441 g/mol. The largest absolute Gasteiger partial charge is 0.419 e. The third-order valence-electron chi connectivity index (χ3n) is 4.40. The number of nitrogens with one attached hydrogen (secondary N) is 2. The number of benzene rings is 2. The highest BCUT2D eigenvalue weighted by Crippen LogP contribution is 2.26. The number of urea groups is 1. The Bertz CT molecular complexity index is 1010. The summed E-state index contributed by atoms with van der Waals surface area (Å²) in [5.41, 5.74) is 1.33. The molecule has 2 aromatic carbocycles. The maximum Gasteiger partial charge on any atom is 0.319 e. The number of para-hydroxylation sites is 1. The molecule has 9 heteroatoms. The van der Waals surface area contributed by atoms with Crippen LogP contribution in [-0.4, -0.2) is 40.1 Å². The van der Waals surface area contributed by atoms with Gasteiger partial charge in [0.05, 0.1) is 17.1 Å². The summed E-state index contributed by atoms with van der Waals surface area (Å²) in [4.78, 5) is 26.2. The highest BCUT2D eigenvalue weighted by Gasteiger charge is 2.18. The van der Waals surface area contributed by atoms with Crippen molar-refractivity contribution in [1.29, 1.82) is 0 Å². The molecule has 1 aromatic heterocycles. The van der Waals surface area contributed by atoms with Crippen molar-refractivity contribution in [2.24, 2.45) is 0 Å². The van der Waals surface area contributed by atoms with Gasteiger partial charge in [-0.15, -0.1) is 10.2 Å². The molecule has 0 aliphatic rings. The lowest BCUT2D eigenvalue weighted by atomic mass is 10.2. The van der Waals surface area contributed by atoms with Crippen LogP contribution in [0.2, 0.25) is 5.02 Å². The maximum absolute atomic E-state index is 12.7. The van der Waals surface area contributed by atoms with E-state index in [1.807, 2.05) is 37.3 Å². The first-order valence-corrected chi connectivity index (χ1v) is 10.4. The molecule has 3 amide bonds. The summed E-state index contributed by atoms with van der Waals surface area (Å²) in [6.45, 7) is 2.93. The van der Waals surface area contributed by atoms with Gasteiger partial charge in [-0.2, -0.15) is 0 Å². The highest BCUT2D eigenvalue weighted by atomic mass is 35.5. The normalized spacial score (nSPS) is 10.5. The zero-order valence-electron chi connectivity index (χ0n) is 17.2. The topological polar surface area (TPSA) is 100 Å². The van der Waals surface area contributed by atoms with Crippen molar-refractivity contribution in [2.45, 2.75) is 26.3 Å². The minimum atomic E-state index is -0.359. The zero-order chi connectivity index (χ0) is 22.1. The SMILES string of the molecule is CCCN(Cc1nnc(-c2ccccc2Cl)o1)C(=O)CCNC(=O)Nc1ccccc1. The molecule has 0 fully saturated rings. The molecule has 2 N–H and O–H groups in total. The van der Waals surface area contributed by atoms with E-state index < -0.39 is 0 Å². The fourth-order valence-corrected chi connectivity index (χ4v) is 3.14. The van der Waals surface area contributed by atoms with Gasteiger partial charge < -0.3 is 20.0 Å². The van der Waals surface area contributed by atoms with Crippen LogP contribution in [0.4, 0.5) is 10.5 Å². The Hall–Kier alpha value is -3.39. The van der Waals surface area contributed by atoms with E-state index in [9.17, 15) is 9.59 Å². The number of amides is 3. The summed E-state index contributed by atoms with van der Waals surface area (Å²) in [7, 11) is 0. The van der Waals surface area contributed by atoms with Crippen molar-refractivity contribution >= 4 is 29.2 Å². The average molecular weight is 442 g/mol. The fraction of sp³-hybridized carbons (Fsp3) is 0.273. The van der Waals surface area contributed by atoms with Gasteiger partial charge in [0.25, 0.3) is 0 Å². The second-order valence-electron chi connectivity index (χ2n) is 6.79. The minimum absolute atomic E-state index is 0.112. The molecule has 0 aliphatic heterocycles. The predicted octanol–water partition coefficient (Wildman–Crippen LogP) is 4.34. The van der Waals surface area contributed by atoms with Crippen LogP contribution in [0.5, 0.6) is 0 Å². The lowest BCUT2D eigenvalue weighted by molar-refractivity contribution is -0.132. The molecule has 3 rings (SSSR count). The molecule has 0 aliphatic carbocycles. The third-order valence-corrected chi connectivity index (χ3v) is 4.73. The second-order valence-corrected chi connectivity index (χ2v) is 7.20. The van der Waals surface area contributed by atoms with E-state index in [0.717, 1.165) is 6.42 Å². The molecule has 0 radical (unpaired) electrons. The number of hydrogen-bond acceptors (Lipinski definition) is 5. The first kappa shape index (κ1) is 22.3. The lowest BCUT2D eigenvalue weighted by Crippen LogP contribution is -2.36. The molecule has 0 spiro atoms. The predicted molar refractivity (Wildman–Crippen MR) is 119 cm³/mol. The Morgan fingerprint density at radius 3 is 2.55 bits per heavy atom. The Morgan fingerprint density at radius 2 is 1.81 bits per heavy atom. The number of carbonyl (C=O) groups is 2. The molecule has 3 aromatic rings. The molecule has 0 atom stereocenters. The van der Waals surface area contributed by atoms with Crippen molar-refractivity contribution in [3.63, 3.8) is 0 Å². The van der Waals surface area contributed by atoms with E-state index >= 15 is 0 Å². The van der Waals surface area contributed by atoms with Crippen LogP contribution in [0, 0.1) is 0 Å². The Kier molecular flexibility index (Phi) is 8.00. The maximum atomic E-state index is 12.7. The lowest BCUT2D eigenvalue weighted by Gasteiger charge is -2.20. The molecule has 0 unspecified atom stereocenters. The van der Waals surface area contributed by atoms with Gasteiger partial charge in [-0.05, 0) is 30.7 Å². The average Bonchev–Trinajstić information content (AvgIpc) is 3.22. The molecule has 8 nitrogen and oxygen atoms in total. The zero-order valence-corrected chi connectivity index (χ0v) is 17.9. The van der Waals surface area contributed by atoms with Crippen LogP contribution in [-0.2, 0) is 11.3 Å². The van der Waals surface area contributed by atoms with Gasteiger partial charge in [-0.1, -0.05) is 48.9 Å². The van der Waals surface area contributed by atoms with E-state index in [4.69, 9.17) is 16.0 Å². The summed E-state index contributed by atoms with van der Waals surface area (Å²) < 4.78 is 5.71. The molecule has 31 heavy (non-hydrogen) atoms. The quantitative estimate of drug-likeness (QED) is 0.514. The standard InChI is InChI=1S/C22H24ClN5O3/c1-2-14-28(15-19-26-27-21(31-19)17-10-6-7-11-18(17)23)20(29)12-13-24-22(30)25-16-8-4-3-5-9-16/h3-11H,2,12-15H2,1H3,(H2,24,25,30). The Morgan fingerprint density at radius 1 is 1.06 bits per heavy atom. The van der Waals surface area contributed by atoms with Gasteiger partial charge in [0.15, 0.2) is 0 Å². The van der Waals surface area contributed by atoms with E-state index in [-0.39, 0.29) is 31.4 Å².